The van der Waals surface area contributed by atoms with Crippen molar-refractivity contribution in [2.24, 2.45) is 0 Å². The highest BCUT2D eigenvalue weighted by molar-refractivity contribution is 7.91. The lowest BCUT2D eigenvalue weighted by Gasteiger charge is -2.19. The lowest BCUT2D eigenvalue weighted by Crippen LogP contribution is -2.17. The number of pyridine rings is 1. The minimum Gasteiger partial charge on any atom is -0.264 e. The molecule has 1 heterocycles. The van der Waals surface area contributed by atoms with Crippen LogP contribution in [0.4, 0.5) is 8.78 Å². The van der Waals surface area contributed by atoms with Crippen LogP contribution in [0.5, 0.6) is 0 Å². The average molecular weight is 380 g/mol. The molecule has 1 unspecified atom stereocenters. The maximum atomic E-state index is 14.3. The van der Waals surface area contributed by atoms with Crippen molar-refractivity contribution in [3.63, 3.8) is 0 Å². The molecule has 0 saturated heterocycles. The van der Waals surface area contributed by atoms with Crippen LogP contribution in [0.3, 0.4) is 0 Å². The average Bonchev–Trinajstić information content (AvgIpc) is 2.59. The first-order chi connectivity index (χ1) is 11.9. The zero-order chi connectivity index (χ0) is 18.0. The van der Waals surface area contributed by atoms with Gasteiger partial charge in [0.2, 0.25) is 0 Å². The molecule has 3 aromatic rings. The van der Waals surface area contributed by atoms with E-state index in [-0.39, 0.29) is 16.0 Å². The van der Waals surface area contributed by atoms with Gasteiger partial charge in [0.25, 0.3) is 0 Å². The van der Waals surface area contributed by atoms with Crippen LogP contribution >= 0.6 is 11.6 Å². The van der Waals surface area contributed by atoms with E-state index in [0.29, 0.717) is 5.02 Å². The number of hydrogen-bond donors (Lipinski definition) is 0. The summed E-state index contributed by atoms with van der Waals surface area (Å²) in [6, 6.07) is 11.3. The SMILES string of the molecule is O=S(=O)(c1ccc(Cl)cc1)C(c1cccnc1)c1cc(F)ccc1F. The summed E-state index contributed by atoms with van der Waals surface area (Å²) in [6.07, 6.45) is 2.79. The van der Waals surface area contributed by atoms with Crippen molar-refractivity contribution in [1.29, 1.82) is 0 Å². The largest absolute Gasteiger partial charge is 0.264 e. The Morgan fingerprint density at radius 1 is 1.00 bits per heavy atom. The third-order valence-corrected chi connectivity index (χ3v) is 6.01. The Balaban J connectivity index is 2.25. The van der Waals surface area contributed by atoms with Gasteiger partial charge in [-0.25, -0.2) is 17.2 Å². The number of halogens is 3. The molecule has 3 nitrogen and oxygen atoms in total. The molecule has 2 aromatic carbocycles. The van der Waals surface area contributed by atoms with Crippen molar-refractivity contribution in [3.8, 4) is 0 Å². The zero-order valence-electron chi connectivity index (χ0n) is 12.7. The first kappa shape index (κ1) is 17.5. The Labute approximate surface area is 148 Å². The third kappa shape index (κ3) is 3.55. The van der Waals surface area contributed by atoms with E-state index in [0.717, 1.165) is 18.2 Å². The fraction of sp³-hybridized carbons (Fsp3) is 0.0556. The molecular formula is C18H12ClF2NO2S. The molecular weight excluding hydrogens is 368 g/mol. The van der Waals surface area contributed by atoms with Crippen LogP contribution in [0.2, 0.25) is 5.02 Å². The quantitative estimate of drug-likeness (QED) is 0.666. The highest BCUT2D eigenvalue weighted by Crippen LogP contribution is 2.36. The first-order valence-corrected chi connectivity index (χ1v) is 9.16. The van der Waals surface area contributed by atoms with E-state index in [1.165, 1.54) is 48.8 Å². The predicted octanol–water partition coefficient (Wildman–Crippen LogP) is 4.58. The maximum absolute atomic E-state index is 14.3. The Hall–Kier alpha value is -2.31. The van der Waals surface area contributed by atoms with E-state index >= 15 is 0 Å². The minimum absolute atomic E-state index is 0.0468. The van der Waals surface area contributed by atoms with Crippen molar-refractivity contribution in [2.75, 3.05) is 0 Å². The summed E-state index contributed by atoms with van der Waals surface area (Å²) >= 11 is 5.81. The van der Waals surface area contributed by atoms with Crippen LogP contribution in [0, 0.1) is 11.6 Å². The van der Waals surface area contributed by atoms with E-state index in [9.17, 15) is 17.2 Å². The van der Waals surface area contributed by atoms with Crippen molar-refractivity contribution in [1.82, 2.24) is 4.98 Å². The van der Waals surface area contributed by atoms with Gasteiger partial charge in [-0.05, 0) is 54.1 Å². The molecule has 0 fully saturated rings. The lowest BCUT2D eigenvalue weighted by molar-refractivity contribution is 0.569. The minimum atomic E-state index is -4.07. The standard InChI is InChI=1S/C18H12ClF2NO2S/c19-13-3-6-15(7-4-13)25(23,24)18(12-2-1-9-22-11-12)16-10-14(20)5-8-17(16)21/h1-11,18H. The van der Waals surface area contributed by atoms with E-state index < -0.39 is 26.7 Å². The second-order valence-electron chi connectivity index (χ2n) is 5.33. The summed E-state index contributed by atoms with van der Waals surface area (Å²) in [5, 5.41) is -1.06. The fourth-order valence-corrected chi connectivity index (χ4v) is 4.46. The molecule has 1 atom stereocenters. The van der Waals surface area contributed by atoms with Gasteiger partial charge in [-0.1, -0.05) is 17.7 Å². The van der Waals surface area contributed by atoms with Crippen LogP contribution in [0.1, 0.15) is 16.4 Å². The molecule has 1 aromatic heterocycles. The van der Waals surface area contributed by atoms with Gasteiger partial charge < -0.3 is 0 Å². The third-order valence-electron chi connectivity index (χ3n) is 3.68. The monoisotopic (exact) mass is 379 g/mol. The normalized spacial score (nSPS) is 12.8. The summed E-state index contributed by atoms with van der Waals surface area (Å²) in [6.45, 7) is 0. The lowest BCUT2D eigenvalue weighted by atomic mass is 10.1. The molecule has 0 saturated carbocycles. The van der Waals surface area contributed by atoms with Gasteiger partial charge in [0.15, 0.2) is 9.84 Å². The van der Waals surface area contributed by atoms with Crippen LogP contribution in [-0.4, -0.2) is 13.4 Å². The van der Waals surface area contributed by atoms with Crippen molar-refractivity contribution in [2.45, 2.75) is 10.1 Å². The first-order valence-electron chi connectivity index (χ1n) is 7.24. The Morgan fingerprint density at radius 3 is 2.36 bits per heavy atom. The summed E-state index contributed by atoms with van der Waals surface area (Å²) in [4.78, 5) is 3.86. The topological polar surface area (TPSA) is 47.0 Å². The van der Waals surface area contributed by atoms with Crippen LogP contribution in [-0.2, 0) is 9.84 Å². The van der Waals surface area contributed by atoms with Gasteiger partial charge in [-0.2, -0.15) is 0 Å². The second-order valence-corrected chi connectivity index (χ2v) is 7.80. The van der Waals surface area contributed by atoms with Crippen LogP contribution in [0.15, 0.2) is 71.9 Å². The molecule has 0 radical (unpaired) electrons. The highest BCUT2D eigenvalue weighted by atomic mass is 35.5. The molecule has 0 bridgehead atoms. The zero-order valence-corrected chi connectivity index (χ0v) is 14.3. The number of sulfone groups is 1. The highest BCUT2D eigenvalue weighted by Gasteiger charge is 2.33. The van der Waals surface area contributed by atoms with Gasteiger partial charge in [0.1, 0.15) is 16.9 Å². The molecule has 0 aliphatic carbocycles. The Kier molecular flexibility index (Phi) is 4.83. The number of rotatable bonds is 4. The summed E-state index contributed by atoms with van der Waals surface area (Å²) < 4.78 is 54.3. The summed E-state index contributed by atoms with van der Waals surface area (Å²) in [5.74, 6) is -1.54. The summed E-state index contributed by atoms with van der Waals surface area (Å²) in [5.41, 5.74) is -0.0371. The van der Waals surface area contributed by atoms with Gasteiger partial charge in [-0.3, -0.25) is 4.98 Å². The Morgan fingerprint density at radius 2 is 1.72 bits per heavy atom. The van der Waals surface area contributed by atoms with Crippen LogP contribution < -0.4 is 0 Å². The van der Waals surface area contributed by atoms with Gasteiger partial charge in [0, 0.05) is 23.0 Å². The van der Waals surface area contributed by atoms with E-state index in [1.807, 2.05) is 0 Å². The molecule has 7 heteroatoms. The van der Waals surface area contributed by atoms with Gasteiger partial charge in [0.05, 0.1) is 4.90 Å². The van der Waals surface area contributed by atoms with E-state index in [4.69, 9.17) is 11.6 Å². The molecule has 0 N–H and O–H groups in total. The number of hydrogen-bond acceptors (Lipinski definition) is 3. The smallest absolute Gasteiger partial charge is 0.189 e. The predicted molar refractivity (Wildman–Crippen MR) is 91.1 cm³/mol. The van der Waals surface area contributed by atoms with Crippen molar-refractivity contribution >= 4 is 21.4 Å². The van der Waals surface area contributed by atoms with Crippen molar-refractivity contribution in [3.05, 3.63) is 94.8 Å². The van der Waals surface area contributed by atoms with Gasteiger partial charge >= 0.3 is 0 Å². The molecule has 0 aliphatic heterocycles. The number of aromatic nitrogens is 1. The molecule has 25 heavy (non-hydrogen) atoms. The molecule has 0 aliphatic rings. The number of benzene rings is 2. The van der Waals surface area contributed by atoms with Gasteiger partial charge in [-0.15, -0.1) is 0 Å². The summed E-state index contributed by atoms with van der Waals surface area (Å²) in [7, 11) is -4.07. The van der Waals surface area contributed by atoms with Crippen LogP contribution in [0.25, 0.3) is 0 Å². The number of nitrogens with zero attached hydrogens (tertiary/aromatic N) is 1. The maximum Gasteiger partial charge on any atom is 0.189 e. The molecule has 0 spiro atoms. The molecule has 0 amide bonds. The fourth-order valence-electron chi connectivity index (χ4n) is 2.53. The second kappa shape index (κ2) is 6.90. The Bertz CT molecular complexity index is 993. The molecule has 128 valence electrons. The van der Waals surface area contributed by atoms with E-state index in [1.54, 1.807) is 0 Å². The van der Waals surface area contributed by atoms with E-state index in [2.05, 4.69) is 4.98 Å². The molecule has 3 rings (SSSR count). The van der Waals surface area contributed by atoms with Crippen molar-refractivity contribution < 1.29 is 17.2 Å².